The zero-order valence-electron chi connectivity index (χ0n) is 30.6. The van der Waals surface area contributed by atoms with Crippen molar-refractivity contribution in [1.29, 1.82) is 0 Å². The third kappa shape index (κ3) is 7.24. The van der Waals surface area contributed by atoms with Crippen molar-refractivity contribution in [3.05, 3.63) is 189 Å². The number of fused-ring (bicyclic) bond motifs is 8. The molecule has 9 rings (SSSR count). The van der Waals surface area contributed by atoms with Gasteiger partial charge in [0.25, 0.3) is 0 Å². The summed E-state index contributed by atoms with van der Waals surface area (Å²) in [5.41, 5.74) is 8.73. The molecule has 4 aromatic heterocycles. The van der Waals surface area contributed by atoms with E-state index in [1.165, 1.54) is 0 Å². The van der Waals surface area contributed by atoms with Gasteiger partial charge in [-0.25, -0.2) is 0 Å². The van der Waals surface area contributed by atoms with Crippen molar-refractivity contribution < 1.29 is 20.4 Å². The maximum atomic E-state index is 12.0. The number of hydrogen-bond acceptors (Lipinski definition) is 8. The maximum Gasteiger partial charge on any atom is 0.122 e. The van der Waals surface area contributed by atoms with Gasteiger partial charge in [-0.05, 0) is 140 Å². The second-order valence-corrected chi connectivity index (χ2v) is 14.6. The lowest BCUT2D eigenvalue weighted by Crippen LogP contribution is -2.08. The van der Waals surface area contributed by atoms with E-state index in [4.69, 9.17) is 0 Å². The Morgan fingerprint density at radius 2 is 0.536 bits per heavy atom. The first-order valence-corrected chi connectivity index (χ1v) is 18.6. The Kier molecular flexibility index (Phi) is 9.06. The van der Waals surface area contributed by atoms with Crippen molar-refractivity contribution in [3.63, 3.8) is 0 Å². The lowest BCUT2D eigenvalue weighted by molar-refractivity contribution is 0.449. The van der Waals surface area contributed by atoms with E-state index in [9.17, 15) is 20.4 Å². The zero-order chi connectivity index (χ0) is 38.2. The highest BCUT2D eigenvalue weighted by atomic mass is 16.3. The van der Waals surface area contributed by atoms with Crippen LogP contribution >= 0.6 is 0 Å². The quantitative estimate of drug-likeness (QED) is 0.144. The fourth-order valence-electron chi connectivity index (χ4n) is 7.92. The van der Waals surface area contributed by atoms with Crippen LogP contribution in [0.2, 0.25) is 0 Å². The SMILES string of the molecule is Oc1c2cc(Cn3cccn3)cc1Cc1cc(Cn3cccn3)cc(c1O)Cc1cc(Cn3cccn3)cc(c1O)Cc1cc(Cn3cccn3)cc(c1O)C2. The van der Waals surface area contributed by atoms with Gasteiger partial charge < -0.3 is 20.4 Å². The standard InChI is InChI=1S/C44H40N8O4/c53-41-33-13-29(25-49-9-1-5-45-49)14-34(41)22-36-16-31(27-51-11-3-7-47-51)18-38(43(36)55)24-40-20-32(28-52-12-4-8-48-52)19-39(44(40)56)23-37-17-30(15-35(21-33)42(37)54)26-50-10-2-6-46-50/h1-20,53-56H,21-28H2. The summed E-state index contributed by atoms with van der Waals surface area (Å²) in [6.07, 6.45) is 15.4. The third-order valence-electron chi connectivity index (χ3n) is 10.4. The number of nitrogens with zero attached hydrogens (tertiary/aromatic N) is 8. The molecule has 0 fully saturated rings. The van der Waals surface area contributed by atoms with Crippen LogP contribution in [0.1, 0.15) is 66.8 Å². The van der Waals surface area contributed by atoms with Gasteiger partial charge in [-0.1, -0.05) is 0 Å². The van der Waals surface area contributed by atoms with E-state index in [1.807, 2.05) is 116 Å². The Labute approximate surface area is 322 Å². The summed E-state index contributed by atoms with van der Waals surface area (Å²) >= 11 is 0. The molecule has 1 aliphatic carbocycles. The molecule has 4 heterocycles. The molecule has 56 heavy (non-hydrogen) atoms. The normalized spacial score (nSPS) is 12.6. The van der Waals surface area contributed by atoms with Crippen molar-refractivity contribution >= 4 is 0 Å². The van der Waals surface area contributed by atoms with Gasteiger partial charge in [0.1, 0.15) is 23.0 Å². The van der Waals surface area contributed by atoms with Gasteiger partial charge in [-0.15, -0.1) is 0 Å². The molecule has 8 aromatic rings. The summed E-state index contributed by atoms with van der Waals surface area (Å²) in [5, 5.41) is 65.8. The van der Waals surface area contributed by atoms with Crippen LogP contribution in [0.5, 0.6) is 23.0 Å². The molecule has 0 radical (unpaired) electrons. The van der Waals surface area contributed by atoms with Crippen molar-refractivity contribution in [1.82, 2.24) is 39.1 Å². The molecule has 0 aliphatic heterocycles. The molecular weight excluding hydrogens is 705 g/mol. The molecule has 1 aliphatic rings. The van der Waals surface area contributed by atoms with Gasteiger partial charge in [0.15, 0.2) is 0 Å². The van der Waals surface area contributed by atoms with Crippen molar-refractivity contribution in [3.8, 4) is 23.0 Å². The molecule has 12 heteroatoms. The van der Waals surface area contributed by atoms with Crippen molar-refractivity contribution in [2.45, 2.75) is 51.9 Å². The van der Waals surface area contributed by atoms with Gasteiger partial charge in [-0.2, -0.15) is 20.4 Å². The van der Waals surface area contributed by atoms with Gasteiger partial charge in [0.05, 0.1) is 26.2 Å². The highest BCUT2D eigenvalue weighted by Crippen LogP contribution is 2.39. The molecule has 4 N–H and O–H groups in total. The van der Waals surface area contributed by atoms with Crippen LogP contribution in [-0.2, 0) is 51.9 Å². The highest BCUT2D eigenvalue weighted by Gasteiger charge is 2.22. The Bertz CT molecular complexity index is 2170. The van der Waals surface area contributed by atoms with Gasteiger partial charge >= 0.3 is 0 Å². The summed E-state index contributed by atoms with van der Waals surface area (Å²) in [5.74, 6) is 0.405. The first-order chi connectivity index (χ1) is 27.3. The molecule has 4 aromatic carbocycles. The first kappa shape index (κ1) is 34.7. The number of rotatable bonds is 8. The van der Waals surface area contributed by atoms with Crippen molar-refractivity contribution in [2.75, 3.05) is 0 Å². The fourth-order valence-corrected chi connectivity index (χ4v) is 7.92. The maximum absolute atomic E-state index is 12.0. The molecular formula is C44H40N8O4. The summed E-state index contributed by atoms with van der Waals surface area (Å²) in [6, 6.07) is 23.1. The van der Waals surface area contributed by atoms with E-state index < -0.39 is 0 Å². The number of phenols is 4. The van der Waals surface area contributed by atoms with Gasteiger partial charge in [-0.3, -0.25) is 18.7 Å². The lowest BCUT2D eigenvalue weighted by Gasteiger charge is -2.20. The van der Waals surface area contributed by atoms with E-state index in [-0.39, 0.29) is 48.7 Å². The summed E-state index contributed by atoms with van der Waals surface area (Å²) in [6.45, 7) is 1.87. The topological polar surface area (TPSA) is 152 Å². The van der Waals surface area contributed by atoms with Crippen molar-refractivity contribution in [2.24, 2.45) is 0 Å². The van der Waals surface area contributed by atoms with E-state index in [2.05, 4.69) is 20.4 Å². The highest BCUT2D eigenvalue weighted by molar-refractivity contribution is 5.57. The predicted molar refractivity (Wildman–Crippen MR) is 209 cm³/mol. The second kappa shape index (κ2) is 14.6. The minimum Gasteiger partial charge on any atom is -0.507 e. The molecule has 0 atom stereocenters. The largest absolute Gasteiger partial charge is 0.507 e. The molecule has 12 nitrogen and oxygen atoms in total. The lowest BCUT2D eigenvalue weighted by atomic mass is 9.88. The Morgan fingerprint density at radius 1 is 0.339 bits per heavy atom. The summed E-state index contributed by atoms with van der Waals surface area (Å²) < 4.78 is 7.31. The smallest absolute Gasteiger partial charge is 0.122 e. The average Bonchev–Trinajstić information content (AvgIpc) is 4.03. The zero-order valence-corrected chi connectivity index (χ0v) is 30.6. The van der Waals surface area contributed by atoms with Crippen LogP contribution in [0.3, 0.4) is 0 Å². The number of benzene rings is 4. The number of phenolic OH excluding ortho intramolecular Hbond substituents is 4. The minimum absolute atomic E-state index is 0.101. The Hall–Kier alpha value is -7.08. The fraction of sp³-hybridized carbons (Fsp3) is 0.182. The average molecular weight is 745 g/mol. The van der Waals surface area contributed by atoms with E-state index in [0.717, 1.165) is 22.3 Å². The summed E-state index contributed by atoms with van der Waals surface area (Å²) in [7, 11) is 0. The van der Waals surface area contributed by atoms with Crippen LogP contribution in [0, 0.1) is 0 Å². The molecule has 0 saturated heterocycles. The Morgan fingerprint density at radius 3 is 0.696 bits per heavy atom. The number of aromatic nitrogens is 8. The Balaban J connectivity index is 1.25. The molecule has 0 amide bonds. The molecule has 280 valence electrons. The van der Waals surface area contributed by atoms with Crippen LogP contribution < -0.4 is 0 Å². The van der Waals surface area contributed by atoms with Crippen LogP contribution in [0.4, 0.5) is 0 Å². The van der Waals surface area contributed by atoms with Crippen LogP contribution in [0.25, 0.3) is 0 Å². The monoisotopic (exact) mass is 744 g/mol. The minimum atomic E-state index is 0.101. The third-order valence-corrected chi connectivity index (χ3v) is 10.4. The molecule has 0 spiro atoms. The van der Waals surface area contributed by atoms with E-state index >= 15 is 0 Å². The van der Waals surface area contributed by atoms with E-state index in [0.29, 0.717) is 70.7 Å². The predicted octanol–water partition coefficient (Wildman–Crippen LogP) is 6.16. The van der Waals surface area contributed by atoms with Gasteiger partial charge in [0, 0.05) is 75.3 Å². The first-order valence-electron chi connectivity index (χ1n) is 18.6. The van der Waals surface area contributed by atoms with Gasteiger partial charge in [0.2, 0.25) is 0 Å². The molecule has 8 bridgehead atoms. The number of hydrogen-bond donors (Lipinski definition) is 4. The second-order valence-electron chi connectivity index (χ2n) is 14.6. The molecule has 0 unspecified atom stereocenters. The molecule has 0 saturated carbocycles. The number of aromatic hydroxyl groups is 4. The van der Waals surface area contributed by atoms with E-state index in [1.54, 1.807) is 24.8 Å². The van der Waals surface area contributed by atoms with Crippen LogP contribution in [-0.4, -0.2) is 59.5 Å². The van der Waals surface area contributed by atoms with Crippen LogP contribution in [0.15, 0.2) is 122 Å². The summed E-state index contributed by atoms with van der Waals surface area (Å²) in [4.78, 5) is 0.